The maximum Gasteiger partial charge on any atom is 0.430 e. The zero-order chi connectivity index (χ0) is 17.6. The van der Waals surface area contributed by atoms with E-state index < -0.39 is 29.1 Å². The smallest absolute Gasteiger partial charge is 0.373 e. The van der Waals surface area contributed by atoms with Gasteiger partial charge in [-0.25, -0.2) is 0 Å². The summed E-state index contributed by atoms with van der Waals surface area (Å²) in [6.45, 7) is 1.48. The number of ether oxygens (including phenoxy) is 2. The van der Waals surface area contributed by atoms with E-state index in [9.17, 15) is 23.3 Å². The predicted octanol–water partition coefficient (Wildman–Crippen LogP) is 3.10. The summed E-state index contributed by atoms with van der Waals surface area (Å²) in [5, 5.41) is 12.8. The lowest BCUT2D eigenvalue weighted by atomic mass is 10.1. The van der Waals surface area contributed by atoms with Gasteiger partial charge in [0, 0.05) is 26.4 Å². The van der Waals surface area contributed by atoms with Gasteiger partial charge in [0.1, 0.15) is 5.70 Å². The molecule has 0 saturated carbocycles. The summed E-state index contributed by atoms with van der Waals surface area (Å²) in [4.78, 5) is 9.93. The number of alkyl halides is 3. The molecule has 9 heteroatoms. The van der Waals surface area contributed by atoms with Crippen molar-refractivity contribution in [1.29, 1.82) is 0 Å². The topological polar surface area (TPSA) is 73.6 Å². The summed E-state index contributed by atoms with van der Waals surface area (Å²) in [5.41, 5.74) is -1.03. The third-order valence-corrected chi connectivity index (χ3v) is 2.98. The Morgan fingerprint density at radius 1 is 1.26 bits per heavy atom. The number of nitro groups is 1. The maximum atomic E-state index is 13.1. The number of hydrogen-bond acceptors (Lipinski definition) is 5. The molecule has 0 amide bonds. The summed E-state index contributed by atoms with van der Waals surface area (Å²) in [7, 11) is 2.64. The van der Waals surface area contributed by atoms with E-state index in [4.69, 9.17) is 9.47 Å². The highest BCUT2D eigenvalue weighted by Crippen LogP contribution is 2.27. The second kappa shape index (κ2) is 7.93. The number of hydrogen-bond donors (Lipinski definition) is 1. The monoisotopic (exact) mass is 334 g/mol. The van der Waals surface area contributed by atoms with Crippen LogP contribution >= 0.6 is 0 Å². The molecule has 0 fully saturated rings. The summed E-state index contributed by atoms with van der Waals surface area (Å²) in [6.07, 6.45) is -4.62. The van der Waals surface area contributed by atoms with Gasteiger partial charge in [-0.2, -0.15) is 13.2 Å². The van der Waals surface area contributed by atoms with Crippen LogP contribution in [0.5, 0.6) is 0 Å². The standard InChI is InChI=1S/C14H17F3N2O4/c1-9(13(22-2)23-3)18-12(14(15,16)17)8-10-4-6-11(7-5-10)19(20)21/h4-9,13,18H,1-3H3/b12-8+. The molecule has 1 aromatic carbocycles. The van der Waals surface area contributed by atoms with Gasteiger partial charge < -0.3 is 14.8 Å². The number of non-ortho nitro benzene ring substituents is 1. The highest BCUT2D eigenvalue weighted by atomic mass is 19.4. The second-order valence-electron chi connectivity index (χ2n) is 4.68. The van der Waals surface area contributed by atoms with E-state index in [1.54, 1.807) is 0 Å². The van der Waals surface area contributed by atoms with Gasteiger partial charge in [0.05, 0.1) is 11.0 Å². The van der Waals surface area contributed by atoms with Crippen LogP contribution in [-0.4, -0.2) is 37.7 Å². The lowest BCUT2D eigenvalue weighted by Gasteiger charge is -2.25. The maximum absolute atomic E-state index is 13.1. The summed E-state index contributed by atoms with van der Waals surface area (Å²) < 4.78 is 49.2. The molecule has 0 saturated heterocycles. The van der Waals surface area contributed by atoms with Crippen LogP contribution in [0.3, 0.4) is 0 Å². The van der Waals surface area contributed by atoms with E-state index in [1.165, 1.54) is 33.3 Å². The second-order valence-corrected chi connectivity index (χ2v) is 4.68. The first-order valence-electron chi connectivity index (χ1n) is 6.54. The van der Waals surface area contributed by atoms with Gasteiger partial charge in [-0.15, -0.1) is 0 Å². The zero-order valence-electron chi connectivity index (χ0n) is 12.8. The molecule has 128 valence electrons. The Morgan fingerprint density at radius 3 is 2.17 bits per heavy atom. The zero-order valence-corrected chi connectivity index (χ0v) is 12.8. The Labute approximate surface area is 131 Å². The fourth-order valence-corrected chi connectivity index (χ4v) is 1.88. The van der Waals surface area contributed by atoms with Crippen molar-refractivity contribution in [3.63, 3.8) is 0 Å². The molecule has 1 atom stereocenters. The fraction of sp³-hybridized carbons (Fsp3) is 0.429. The Hall–Kier alpha value is -2.13. The van der Waals surface area contributed by atoms with Crippen LogP contribution in [0.25, 0.3) is 6.08 Å². The van der Waals surface area contributed by atoms with Crippen molar-refractivity contribution in [2.24, 2.45) is 0 Å². The predicted molar refractivity (Wildman–Crippen MR) is 77.5 cm³/mol. The molecule has 0 radical (unpaired) electrons. The van der Waals surface area contributed by atoms with Crippen molar-refractivity contribution in [3.05, 3.63) is 45.6 Å². The van der Waals surface area contributed by atoms with Crippen LogP contribution in [-0.2, 0) is 9.47 Å². The van der Waals surface area contributed by atoms with Gasteiger partial charge >= 0.3 is 6.18 Å². The number of allylic oxidation sites excluding steroid dienone is 1. The SMILES string of the molecule is COC(OC)C(C)N/C(=C/c1ccc([N+](=O)[O-])cc1)C(F)(F)F. The molecule has 1 rings (SSSR count). The van der Waals surface area contributed by atoms with E-state index >= 15 is 0 Å². The molecule has 0 aromatic heterocycles. The van der Waals surface area contributed by atoms with Crippen molar-refractivity contribution in [2.45, 2.75) is 25.4 Å². The molecule has 0 spiro atoms. The highest BCUT2D eigenvalue weighted by molar-refractivity contribution is 5.55. The van der Waals surface area contributed by atoms with Crippen LogP contribution in [0.2, 0.25) is 0 Å². The normalized spacial score (nSPS) is 14.0. The molecule has 23 heavy (non-hydrogen) atoms. The molecule has 0 aliphatic carbocycles. The third kappa shape index (κ3) is 5.53. The van der Waals surface area contributed by atoms with Crippen molar-refractivity contribution < 1.29 is 27.6 Å². The number of benzene rings is 1. The third-order valence-electron chi connectivity index (χ3n) is 2.98. The van der Waals surface area contributed by atoms with Gasteiger partial charge in [-0.1, -0.05) is 0 Å². The van der Waals surface area contributed by atoms with E-state index in [-0.39, 0.29) is 11.3 Å². The van der Waals surface area contributed by atoms with Crippen LogP contribution < -0.4 is 5.32 Å². The number of nitro benzene ring substituents is 1. The summed E-state index contributed by atoms with van der Waals surface area (Å²) in [6, 6.07) is 3.98. The van der Waals surface area contributed by atoms with Crippen LogP contribution in [0.4, 0.5) is 18.9 Å². The number of nitrogens with one attached hydrogen (secondary N) is 1. The molecular formula is C14H17F3N2O4. The van der Waals surface area contributed by atoms with Gasteiger partial charge in [0.25, 0.3) is 5.69 Å². The lowest BCUT2D eigenvalue weighted by molar-refractivity contribution is -0.384. The Morgan fingerprint density at radius 2 is 1.78 bits per heavy atom. The highest BCUT2D eigenvalue weighted by Gasteiger charge is 2.35. The molecule has 1 unspecified atom stereocenters. The molecular weight excluding hydrogens is 317 g/mol. The van der Waals surface area contributed by atoms with Gasteiger partial charge in [0.2, 0.25) is 0 Å². The lowest BCUT2D eigenvalue weighted by Crippen LogP contribution is -2.42. The first-order valence-corrected chi connectivity index (χ1v) is 6.54. The Balaban J connectivity index is 3.04. The van der Waals surface area contributed by atoms with Crippen LogP contribution in [0.1, 0.15) is 12.5 Å². The van der Waals surface area contributed by atoms with Crippen molar-refractivity contribution in [2.75, 3.05) is 14.2 Å². The van der Waals surface area contributed by atoms with E-state index in [1.807, 2.05) is 0 Å². The minimum atomic E-state index is -4.62. The van der Waals surface area contributed by atoms with E-state index in [0.717, 1.165) is 18.2 Å². The quantitative estimate of drug-likeness (QED) is 0.471. The Bertz CT molecular complexity index is 554. The van der Waals surface area contributed by atoms with Crippen molar-refractivity contribution >= 4 is 11.8 Å². The van der Waals surface area contributed by atoms with Gasteiger partial charge in [-0.3, -0.25) is 10.1 Å². The first-order chi connectivity index (χ1) is 10.7. The summed E-state index contributed by atoms with van der Waals surface area (Å²) in [5.74, 6) is 0. The number of rotatable bonds is 7. The largest absolute Gasteiger partial charge is 0.430 e. The number of nitrogens with zero attached hydrogens (tertiary/aromatic N) is 1. The minimum absolute atomic E-state index is 0.175. The Kier molecular flexibility index (Phi) is 6.52. The van der Waals surface area contributed by atoms with Crippen molar-refractivity contribution in [1.82, 2.24) is 5.32 Å². The molecule has 0 heterocycles. The molecule has 1 aromatic rings. The van der Waals surface area contributed by atoms with E-state index in [0.29, 0.717) is 0 Å². The molecule has 0 aliphatic heterocycles. The number of halogens is 3. The molecule has 0 bridgehead atoms. The van der Waals surface area contributed by atoms with Gasteiger partial charge in [0.15, 0.2) is 6.29 Å². The fourth-order valence-electron chi connectivity index (χ4n) is 1.88. The van der Waals surface area contributed by atoms with Crippen molar-refractivity contribution in [3.8, 4) is 0 Å². The minimum Gasteiger partial charge on any atom is -0.373 e. The van der Waals surface area contributed by atoms with Gasteiger partial charge in [-0.05, 0) is 30.7 Å². The first kappa shape index (κ1) is 18.9. The van der Waals surface area contributed by atoms with Crippen LogP contribution in [0, 0.1) is 10.1 Å². The molecule has 1 N–H and O–H groups in total. The molecule has 6 nitrogen and oxygen atoms in total. The summed E-state index contributed by atoms with van der Waals surface area (Å²) >= 11 is 0. The van der Waals surface area contributed by atoms with Crippen LogP contribution in [0.15, 0.2) is 30.0 Å². The van der Waals surface area contributed by atoms with E-state index in [2.05, 4.69) is 5.32 Å². The average molecular weight is 334 g/mol. The molecule has 0 aliphatic rings. The average Bonchev–Trinajstić information content (AvgIpc) is 2.47. The number of methoxy groups -OCH3 is 2.